The highest BCUT2D eigenvalue weighted by Gasteiger charge is 2.20. The van der Waals surface area contributed by atoms with Gasteiger partial charge < -0.3 is 0 Å². The first kappa shape index (κ1) is 15.3. The Morgan fingerprint density at radius 2 is 1.30 bits per heavy atom. The molecule has 1 aliphatic carbocycles. The van der Waals surface area contributed by atoms with E-state index in [9.17, 15) is 4.79 Å². The molecule has 0 aromatic heterocycles. The van der Waals surface area contributed by atoms with E-state index in [1.54, 1.807) is 0 Å². The van der Waals surface area contributed by atoms with Gasteiger partial charge in [-0.1, -0.05) is 25.7 Å². The van der Waals surface area contributed by atoms with E-state index in [-0.39, 0.29) is 0 Å². The molecule has 110 valence electrons. The van der Waals surface area contributed by atoms with E-state index in [0.717, 1.165) is 24.3 Å². The van der Waals surface area contributed by atoms with E-state index in [4.69, 9.17) is 0 Å². The predicted octanol–water partition coefficient (Wildman–Crippen LogP) is 5.38. The molecule has 1 fully saturated rings. The van der Waals surface area contributed by atoms with Gasteiger partial charge in [0.25, 0.3) is 0 Å². The van der Waals surface area contributed by atoms with Crippen molar-refractivity contribution in [2.45, 2.75) is 73.1 Å². The van der Waals surface area contributed by atoms with Crippen LogP contribution in [0.4, 0.5) is 0 Å². The van der Waals surface area contributed by atoms with Gasteiger partial charge in [0, 0.05) is 12.0 Å². The summed E-state index contributed by atoms with van der Waals surface area (Å²) in [7, 11) is 0. The molecule has 0 heterocycles. The average Bonchev–Trinajstić information content (AvgIpc) is 2.94. The van der Waals surface area contributed by atoms with Gasteiger partial charge in [0.1, 0.15) is 0 Å². The maximum absolute atomic E-state index is 12.7. The highest BCUT2D eigenvalue weighted by Crippen LogP contribution is 2.31. The SMILES string of the molecule is Cc1c(C)c(C)c(C(=O)CCC2CCCC2)c(C)c1C. The molecule has 0 atom stereocenters. The maximum Gasteiger partial charge on any atom is 0.163 e. The first-order valence-electron chi connectivity index (χ1n) is 8.03. The number of hydrogen-bond donors (Lipinski definition) is 0. The molecule has 1 aromatic carbocycles. The summed E-state index contributed by atoms with van der Waals surface area (Å²) in [6.07, 6.45) is 7.20. The Kier molecular flexibility index (Phi) is 4.67. The molecule has 1 nitrogen and oxygen atoms in total. The molecule has 1 aliphatic rings. The Hall–Kier alpha value is -1.11. The monoisotopic (exact) mass is 272 g/mol. The molecule has 0 saturated heterocycles. The van der Waals surface area contributed by atoms with Gasteiger partial charge in [-0.25, -0.2) is 0 Å². The number of rotatable bonds is 4. The van der Waals surface area contributed by atoms with Crippen molar-refractivity contribution in [2.24, 2.45) is 5.92 Å². The number of benzene rings is 1. The Bertz CT molecular complexity index is 490. The Morgan fingerprint density at radius 3 is 1.80 bits per heavy atom. The van der Waals surface area contributed by atoms with Gasteiger partial charge in [-0.15, -0.1) is 0 Å². The number of ketones is 1. The normalized spacial score (nSPS) is 15.8. The lowest BCUT2D eigenvalue weighted by atomic mass is 9.86. The summed E-state index contributed by atoms with van der Waals surface area (Å²) in [5.41, 5.74) is 7.31. The van der Waals surface area contributed by atoms with Crippen molar-refractivity contribution >= 4 is 5.78 Å². The van der Waals surface area contributed by atoms with Crippen molar-refractivity contribution in [1.29, 1.82) is 0 Å². The van der Waals surface area contributed by atoms with Crippen LogP contribution in [0.15, 0.2) is 0 Å². The number of carbonyl (C=O) groups is 1. The Labute approximate surface area is 123 Å². The fourth-order valence-corrected chi connectivity index (χ4v) is 3.68. The Morgan fingerprint density at radius 1 is 0.850 bits per heavy atom. The van der Waals surface area contributed by atoms with Crippen LogP contribution in [-0.4, -0.2) is 5.78 Å². The summed E-state index contributed by atoms with van der Waals surface area (Å²) < 4.78 is 0. The molecule has 1 heteroatoms. The molecule has 1 saturated carbocycles. The molecular formula is C19H28O. The van der Waals surface area contributed by atoms with Crippen LogP contribution >= 0.6 is 0 Å². The standard InChI is InChI=1S/C19H28O/c1-12-13(2)15(4)19(16(5)14(12)3)18(20)11-10-17-8-6-7-9-17/h17H,6-11H2,1-5H3. The third-order valence-corrected chi connectivity index (χ3v) is 5.53. The van der Waals surface area contributed by atoms with Gasteiger partial charge in [0.2, 0.25) is 0 Å². The van der Waals surface area contributed by atoms with Gasteiger partial charge in [0.05, 0.1) is 0 Å². The summed E-state index contributed by atoms with van der Waals surface area (Å²) in [5.74, 6) is 1.16. The van der Waals surface area contributed by atoms with Crippen LogP contribution in [0.5, 0.6) is 0 Å². The predicted molar refractivity (Wildman–Crippen MR) is 85.6 cm³/mol. The summed E-state index contributed by atoms with van der Waals surface area (Å²) in [5, 5.41) is 0. The highest BCUT2D eigenvalue weighted by molar-refractivity contribution is 5.99. The number of hydrogen-bond acceptors (Lipinski definition) is 1. The first-order chi connectivity index (χ1) is 9.43. The van der Waals surface area contributed by atoms with Gasteiger partial charge in [-0.3, -0.25) is 4.79 Å². The van der Waals surface area contributed by atoms with E-state index in [2.05, 4.69) is 34.6 Å². The third kappa shape index (κ3) is 2.82. The topological polar surface area (TPSA) is 17.1 Å². The number of Topliss-reactive ketones (excluding diaryl/α,β-unsaturated/α-hetero) is 1. The van der Waals surface area contributed by atoms with Crippen molar-refractivity contribution in [3.05, 3.63) is 33.4 Å². The summed E-state index contributed by atoms with van der Waals surface area (Å²) in [6, 6.07) is 0. The van der Waals surface area contributed by atoms with Gasteiger partial charge in [-0.05, 0) is 74.8 Å². The zero-order chi connectivity index (χ0) is 14.9. The molecule has 0 N–H and O–H groups in total. The van der Waals surface area contributed by atoms with E-state index in [0.29, 0.717) is 5.78 Å². The van der Waals surface area contributed by atoms with Crippen molar-refractivity contribution in [3.63, 3.8) is 0 Å². The van der Waals surface area contributed by atoms with Gasteiger partial charge >= 0.3 is 0 Å². The Balaban J connectivity index is 2.21. The fraction of sp³-hybridized carbons (Fsp3) is 0.632. The second-order valence-electron chi connectivity index (χ2n) is 6.61. The molecule has 2 rings (SSSR count). The second kappa shape index (κ2) is 6.11. The highest BCUT2D eigenvalue weighted by atomic mass is 16.1. The van der Waals surface area contributed by atoms with Crippen LogP contribution in [0, 0.1) is 40.5 Å². The van der Waals surface area contributed by atoms with Crippen LogP contribution in [0.1, 0.15) is 76.7 Å². The van der Waals surface area contributed by atoms with E-state index < -0.39 is 0 Å². The lowest BCUT2D eigenvalue weighted by Gasteiger charge is -2.18. The van der Waals surface area contributed by atoms with Crippen molar-refractivity contribution in [3.8, 4) is 0 Å². The zero-order valence-electron chi connectivity index (χ0n) is 13.7. The maximum atomic E-state index is 12.7. The van der Waals surface area contributed by atoms with Crippen molar-refractivity contribution < 1.29 is 4.79 Å². The van der Waals surface area contributed by atoms with Crippen LogP contribution in [-0.2, 0) is 0 Å². The second-order valence-corrected chi connectivity index (χ2v) is 6.61. The molecule has 0 bridgehead atoms. The van der Waals surface area contributed by atoms with Crippen LogP contribution in [0.3, 0.4) is 0 Å². The summed E-state index contributed by atoms with van der Waals surface area (Å²) in [4.78, 5) is 12.7. The fourth-order valence-electron chi connectivity index (χ4n) is 3.68. The lowest BCUT2D eigenvalue weighted by Crippen LogP contribution is -2.10. The lowest BCUT2D eigenvalue weighted by molar-refractivity contribution is 0.0972. The molecule has 1 aromatic rings. The minimum atomic E-state index is 0.359. The quantitative estimate of drug-likeness (QED) is 0.672. The largest absolute Gasteiger partial charge is 0.294 e. The van der Waals surface area contributed by atoms with Crippen LogP contribution in [0.25, 0.3) is 0 Å². The van der Waals surface area contributed by atoms with E-state index in [1.807, 2.05) is 0 Å². The van der Waals surface area contributed by atoms with Crippen LogP contribution < -0.4 is 0 Å². The first-order valence-corrected chi connectivity index (χ1v) is 8.03. The third-order valence-electron chi connectivity index (χ3n) is 5.53. The molecule has 0 spiro atoms. The van der Waals surface area contributed by atoms with E-state index in [1.165, 1.54) is 53.5 Å². The summed E-state index contributed by atoms with van der Waals surface area (Å²) >= 11 is 0. The van der Waals surface area contributed by atoms with Crippen LogP contribution in [0.2, 0.25) is 0 Å². The van der Waals surface area contributed by atoms with E-state index >= 15 is 0 Å². The van der Waals surface area contributed by atoms with Crippen molar-refractivity contribution in [1.82, 2.24) is 0 Å². The molecular weight excluding hydrogens is 244 g/mol. The average molecular weight is 272 g/mol. The minimum Gasteiger partial charge on any atom is -0.294 e. The molecule has 0 radical (unpaired) electrons. The molecule has 20 heavy (non-hydrogen) atoms. The minimum absolute atomic E-state index is 0.359. The number of carbonyl (C=O) groups excluding carboxylic acids is 1. The molecule has 0 amide bonds. The summed E-state index contributed by atoms with van der Waals surface area (Å²) in [6.45, 7) is 10.7. The molecule has 0 aliphatic heterocycles. The van der Waals surface area contributed by atoms with Gasteiger partial charge in [-0.2, -0.15) is 0 Å². The van der Waals surface area contributed by atoms with Crippen molar-refractivity contribution in [2.75, 3.05) is 0 Å². The molecule has 0 unspecified atom stereocenters. The zero-order valence-corrected chi connectivity index (χ0v) is 13.7. The van der Waals surface area contributed by atoms with Gasteiger partial charge in [0.15, 0.2) is 5.78 Å². The smallest absolute Gasteiger partial charge is 0.163 e.